The van der Waals surface area contributed by atoms with Gasteiger partial charge >= 0.3 is 0 Å². The molecule has 0 radical (unpaired) electrons. The first-order chi connectivity index (χ1) is 8.70. The van der Waals surface area contributed by atoms with Gasteiger partial charge in [0.25, 0.3) is 0 Å². The van der Waals surface area contributed by atoms with Crippen LogP contribution >= 0.6 is 11.8 Å². The van der Waals surface area contributed by atoms with Crippen LogP contribution in [0.25, 0.3) is 0 Å². The Morgan fingerprint density at radius 2 is 2.22 bits per heavy atom. The Kier molecular flexibility index (Phi) is 4.22. The van der Waals surface area contributed by atoms with Crippen molar-refractivity contribution in [3.63, 3.8) is 0 Å². The fourth-order valence-electron chi connectivity index (χ4n) is 1.66. The lowest BCUT2D eigenvalue weighted by atomic mass is 10.2. The summed E-state index contributed by atoms with van der Waals surface area (Å²) < 4.78 is 0. The number of para-hydroxylation sites is 1. The van der Waals surface area contributed by atoms with Gasteiger partial charge in [0.15, 0.2) is 0 Å². The van der Waals surface area contributed by atoms with Crippen LogP contribution in [0.2, 0.25) is 0 Å². The fraction of sp³-hybridized carbons (Fsp3) is 0.333. The van der Waals surface area contributed by atoms with Gasteiger partial charge in [-0.25, -0.2) is 0 Å². The van der Waals surface area contributed by atoms with E-state index in [4.69, 9.17) is 5.11 Å². The van der Waals surface area contributed by atoms with Gasteiger partial charge in [-0.1, -0.05) is 12.1 Å². The first kappa shape index (κ1) is 12.9. The minimum atomic E-state index is -0.418. The summed E-state index contributed by atoms with van der Waals surface area (Å²) in [5.41, 5.74) is 0.791. The van der Waals surface area contributed by atoms with Crippen molar-refractivity contribution >= 4 is 29.3 Å². The number of hydrogen-bond donors (Lipinski definition) is 3. The summed E-state index contributed by atoms with van der Waals surface area (Å²) >= 11 is 1.39. The van der Waals surface area contributed by atoms with Crippen molar-refractivity contribution in [2.24, 2.45) is 0 Å². The minimum Gasteiger partial charge on any atom is -0.395 e. The van der Waals surface area contributed by atoms with Gasteiger partial charge in [0.05, 0.1) is 17.5 Å². The van der Waals surface area contributed by atoms with E-state index in [0.29, 0.717) is 0 Å². The molecule has 6 heteroatoms. The summed E-state index contributed by atoms with van der Waals surface area (Å²) in [5.74, 6) is -0.381. The van der Waals surface area contributed by atoms with Crippen molar-refractivity contribution in [1.29, 1.82) is 0 Å². The Bertz CT molecular complexity index is 464. The molecule has 5 nitrogen and oxygen atoms in total. The Balaban J connectivity index is 1.99. The number of amides is 2. The highest BCUT2D eigenvalue weighted by atomic mass is 32.2. The zero-order valence-electron chi connectivity index (χ0n) is 9.68. The lowest BCUT2D eigenvalue weighted by Crippen LogP contribution is -2.35. The molecule has 1 aliphatic rings. The Morgan fingerprint density at radius 3 is 3.00 bits per heavy atom. The van der Waals surface area contributed by atoms with Gasteiger partial charge in [-0.3, -0.25) is 9.59 Å². The molecule has 18 heavy (non-hydrogen) atoms. The molecule has 0 saturated heterocycles. The van der Waals surface area contributed by atoms with Gasteiger partial charge in [0.1, 0.15) is 0 Å². The standard InChI is InChI=1S/C12H14N2O3S/c15-6-5-13-11(16)7-10-12(17)14-8-3-1-2-4-9(8)18-10/h1-4,10,15H,5-7H2,(H,13,16)(H,14,17)/t10-/m0/s1. The maximum absolute atomic E-state index is 11.8. The fourth-order valence-corrected chi connectivity index (χ4v) is 2.77. The number of aliphatic hydroxyl groups is 1. The highest BCUT2D eigenvalue weighted by Gasteiger charge is 2.28. The predicted octanol–water partition coefficient (Wildman–Crippen LogP) is 0.598. The first-order valence-electron chi connectivity index (χ1n) is 5.65. The van der Waals surface area contributed by atoms with E-state index in [1.165, 1.54) is 11.8 Å². The molecule has 3 N–H and O–H groups in total. The van der Waals surface area contributed by atoms with Gasteiger partial charge in [0, 0.05) is 17.9 Å². The molecule has 0 aliphatic carbocycles. The molecule has 1 aliphatic heterocycles. The second-order valence-corrected chi connectivity index (χ2v) is 5.11. The van der Waals surface area contributed by atoms with Crippen molar-refractivity contribution in [3.8, 4) is 0 Å². The van der Waals surface area contributed by atoms with E-state index >= 15 is 0 Å². The van der Waals surface area contributed by atoms with E-state index in [1.54, 1.807) is 0 Å². The van der Waals surface area contributed by atoms with E-state index < -0.39 is 5.25 Å². The zero-order chi connectivity index (χ0) is 13.0. The quantitative estimate of drug-likeness (QED) is 0.745. The number of rotatable bonds is 4. The zero-order valence-corrected chi connectivity index (χ0v) is 10.5. The molecule has 2 amide bonds. The SMILES string of the molecule is O=C(C[C@@H]1Sc2ccccc2NC1=O)NCCO. The molecule has 1 atom stereocenters. The number of anilines is 1. The highest BCUT2D eigenvalue weighted by Crippen LogP contribution is 2.36. The number of benzene rings is 1. The lowest BCUT2D eigenvalue weighted by Gasteiger charge is -2.23. The Hall–Kier alpha value is -1.53. The van der Waals surface area contributed by atoms with Gasteiger partial charge < -0.3 is 15.7 Å². The average molecular weight is 266 g/mol. The first-order valence-corrected chi connectivity index (χ1v) is 6.53. The smallest absolute Gasteiger partial charge is 0.238 e. The summed E-state index contributed by atoms with van der Waals surface area (Å²) in [6, 6.07) is 7.50. The van der Waals surface area contributed by atoms with E-state index in [2.05, 4.69) is 10.6 Å². The van der Waals surface area contributed by atoms with Gasteiger partial charge in [-0.15, -0.1) is 11.8 Å². The lowest BCUT2D eigenvalue weighted by molar-refractivity contribution is -0.124. The molecule has 0 aromatic heterocycles. The van der Waals surface area contributed by atoms with Crippen LogP contribution in [0.5, 0.6) is 0 Å². The second-order valence-electron chi connectivity index (χ2n) is 3.87. The van der Waals surface area contributed by atoms with Crippen LogP contribution in [-0.4, -0.2) is 35.3 Å². The number of thioether (sulfide) groups is 1. The largest absolute Gasteiger partial charge is 0.395 e. The topological polar surface area (TPSA) is 78.4 Å². The van der Waals surface area contributed by atoms with Crippen LogP contribution in [-0.2, 0) is 9.59 Å². The van der Waals surface area contributed by atoms with Gasteiger partial charge in [-0.2, -0.15) is 0 Å². The van der Waals surface area contributed by atoms with Crippen LogP contribution in [0, 0.1) is 0 Å². The van der Waals surface area contributed by atoms with Crippen molar-refractivity contribution in [3.05, 3.63) is 24.3 Å². The second kappa shape index (κ2) is 5.88. The predicted molar refractivity (Wildman–Crippen MR) is 69.4 cm³/mol. The molecule has 1 heterocycles. The molecule has 96 valence electrons. The van der Waals surface area contributed by atoms with Crippen molar-refractivity contribution in [2.45, 2.75) is 16.6 Å². The van der Waals surface area contributed by atoms with Crippen molar-refractivity contribution < 1.29 is 14.7 Å². The number of fused-ring (bicyclic) bond motifs is 1. The average Bonchev–Trinajstić information content (AvgIpc) is 2.37. The van der Waals surface area contributed by atoms with Crippen LogP contribution < -0.4 is 10.6 Å². The van der Waals surface area contributed by atoms with Crippen LogP contribution in [0.15, 0.2) is 29.2 Å². The minimum absolute atomic E-state index is 0.0986. The van der Waals surface area contributed by atoms with Crippen molar-refractivity contribution in [2.75, 3.05) is 18.5 Å². The van der Waals surface area contributed by atoms with Gasteiger partial charge in [0.2, 0.25) is 11.8 Å². The monoisotopic (exact) mass is 266 g/mol. The number of carbonyl (C=O) groups is 2. The third-order valence-electron chi connectivity index (χ3n) is 2.51. The molecule has 0 spiro atoms. The summed E-state index contributed by atoms with van der Waals surface area (Å²) in [6.45, 7) is 0.118. The molecule has 0 saturated carbocycles. The van der Waals surface area contributed by atoms with Crippen LogP contribution in [0.1, 0.15) is 6.42 Å². The Morgan fingerprint density at radius 1 is 1.44 bits per heavy atom. The normalized spacial score (nSPS) is 17.8. The number of hydrogen-bond acceptors (Lipinski definition) is 4. The third kappa shape index (κ3) is 3.02. The van der Waals surface area contributed by atoms with Crippen molar-refractivity contribution in [1.82, 2.24) is 5.32 Å². The van der Waals surface area contributed by atoms with Crippen LogP contribution in [0.3, 0.4) is 0 Å². The molecule has 0 fully saturated rings. The molecule has 2 rings (SSSR count). The molecular weight excluding hydrogens is 252 g/mol. The number of nitrogens with one attached hydrogen (secondary N) is 2. The van der Waals surface area contributed by atoms with E-state index in [1.807, 2.05) is 24.3 Å². The summed E-state index contributed by atoms with van der Waals surface area (Å²) in [6.07, 6.45) is 0.116. The van der Waals surface area contributed by atoms with Gasteiger partial charge in [-0.05, 0) is 12.1 Å². The third-order valence-corrected chi connectivity index (χ3v) is 3.79. The summed E-state index contributed by atoms with van der Waals surface area (Å²) in [4.78, 5) is 24.3. The van der Waals surface area contributed by atoms with E-state index in [0.717, 1.165) is 10.6 Å². The molecule has 0 bridgehead atoms. The summed E-state index contributed by atoms with van der Waals surface area (Å²) in [7, 11) is 0. The van der Waals surface area contributed by atoms with Crippen LogP contribution in [0.4, 0.5) is 5.69 Å². The maximum atomic E-state index is 11.8. The number of aliphatic hydroxyl groups excluding tert-OH is 1. The maximum Gasteiger partial charge on any atom is 0.238 e. The molecule has 0 unspecified atom stereocenters. The van der Waals surface area contributed by atoms with E-state index in [-0.39, 0.29) is 31.4 Å². The summed E-state index contributed by atoms with van der Waals surface area (Å²) in [5, 5.41) is 13.5. The Labute approximate surface area is 109 Å². The number of carbonyl (C=O) groups excluding carboxylic acids is 2. The molecular formula is C12H14N2O3S. The molecule has 1 aromatic rings. The van der Waals surface area contributed by atoms with E-state index in [9.17, 15) is 9.59 Å². The highest BCUT2D eigenvalue weighted by molar-refractivity contribution is 8.01. The molecule has 1 aromatic carbocycles.